The number of nitrogens with zero attached hydrogens (tertiary/aromatic N) is 3. The lowest BCUT2D eigenvalue weighted by molar-refractivity contribution is -0.117. The summed E-state index contributed by atoms with van der Waals surface area (Å²) in [5.41, 5.74) is 5.46. The van der Waals surface area contributed by atoms with Crippen LogP contribution in [0.15, 0.2) is 66.7 Å². The van der Waals surface area contributed by atoms with Gasteiger partial charge in [-0.15, -0.1) is 0 Å². The Balaban J connectivity index is 1.28. The summed E-state index contributed by atoms with van der Waals surface area (Å²) in [6.07, 6.45) is 2.37. The van der Waals surface area contributed by atoms with E-state index in [-0.39, 0.29) is 11.8 Å². The number of fused-ring (bicyclic) bond motifs is 1. The van der Waals surface area contributed by atoms with Crippen molar-refractivity contribution >= 4 is 22.6 Å². The Morgan fingerprint density at radius 3 is 2.53 bits per heavy atom. The van der Waals surface area contributed by atoms with E-state index in [2.05, 4.69) is 54.8 Å². The summed E-state index contributed by atoms with van der Waals surface area (Å²) in [4.78, 5) is 20.0. The van der Waals surface area contributed by atoms with Crippen molar-refractivity contribution in [2.45, 2.75) is 45.6 Å². The minimum atomic E-state index is 0.0705. The van der Waals surface area contributed by atoms with Crippen LogP contribution in [0.4, 0.5) is 5.69 Å². The Labute approximate surface area is 212 Å². The van der Waals surface area contributed by atoms with Crippen molar-refractivity contribution in [1.29, 1.82) is 0 Å². The third kappa shape index (κ3) is 4.94. The second kappa shape index (κ2) is 10.4. The van der Waals surface area contributed by atoms with Gasteiger partial charge in [0.1, 0.15) is 17.3 Å². The minimum Gasteiger partial charge on any atom is -0.497 e. The lowest BCUT2D eigenvalue weighted by Crippen LogP contribution is -2.25. The van der Waals surface area contributed by atoms with Crippen molar-refractivity contribution in [3.05, 3.63) is 83.7 Å². The average Bonchev–Trinajstić information content (AvgIpc) is 3.44. The van der Waals surface area contributed by atoms with E-state index < -0.39 is 0 Å². The summed E-state index contributed by atoms with van der Waals surface area (Å²) >= 11 is 0. The van der Waals surface area contributed by atoms with Crippen LogP contribution in [-0.4, -0.2) is 35.7 Å². The predicted molar refractivity (Wildman–Crippen MR) is 143 cm³/mol. The number of carbonyl (C=O) groups is 1. The van der Waals surface area contributed by atoms with Gasteiger partial charge in [0, 0.05) is 31.1 Å². The SMILES string of the molecule is COc1ccc(OCCCCn2c(C3CC(=O)N(c4ccc(C)cc4C)C3)nc3ccccc32)cc1. The van der Waals surface area contributed by atoms with Gasteiger partial charge in [-0.25, -0.2) is 4.98 Å². The number of hydrogen-bond acceptors (Lipinski definition) is 4. The highest BCUT2D eigenvalue weighted by atomic mass is 16.5. The third-order valence-electron chi connectivity index (χ3n) is 6.92. The van der Waals surface area contributed by atoms with Crippen LogP contribution in [0.2, 0.25) is 0 Å². The number of ether oxygens (including phenoxy) is 2. The molecule has 1 fully saturated rings. The maximum Gasteiger partial charge on any atom is 0.227 e. The Morgan fingerprint density at radius 1 is 0.972 bits per heavy atom. The van der Waals surface area contributed by atoms with Crippen molar-refractivity contribution in [3.63, 3.8) is 0 Å². The van der Waals surface area contributed by atoms with E-state index >= 15 is 0 Å². The number of amides is 1. The average molecular weight is 484 g/mol. The highest BCUT2D eigenvalue weighted by Crippen LogP contribution is 2.35. The molecule has 1 saturated heterocycles. The van der Waals surface area contributed by atoms with E-state index in [1.807, 2.05) is 35.2 Å². The van der Waals surface area contributed by atoms with Crippen molar-refractivity contribution in [2.75, 3.05) is 25.2 Å². The molecule has 1 unspecified atom stereocenters. The standard InChI is InChI=1S/C30H33N3O3/c1-21-10-15-27(22(2)18-21)33-20-23(19-29(33)34)30-31-26-8-4-5-9-28(26)32(30)16-6-7-17-36-25-13-11-24(35-3)12-14-25/h4-5,8-15,18,23H,6-7,16-17,19-20H2,1-3H3. The smallest absolute Gasteiger partial charge is 0.227 e. The van der Waals surface area contributed by atoms with Gasteiger partial charge < -0.3 is 18.9 Å². The molecule has 6 heteroatoms. The molecule has 0 N–H and O–H groups in total. The molecule has 1 aliphatic rings. The zero-order valence-electron chi connectivity index (χ0n) is 21.2. The first-order chi connectivity index (χ1) is 17.5. The lowest BCUT2D eigenvalue weighted by atomic mass is 10.1. The number of anilines is 1. The molecule has 0 aliphatic carbocycles. The molecule has 3 aromatic carbocycles. The van der Waals surface area contributed by atoms with Gasteiger partial charge in [0.15, 0.2) is 0 Å². The Morgan fingerprint density at radius 2 is 1.75 bits per heavy atom. The van der Waals surface area contributed by atoms with Gasteiger partial charge in [0.05, 0.1) is 24.8 Å². The number of imidazole rings is 1. The highest BCUT2D eigenvalue weighted by molar-refractivity contribution is 5.97. The quantitative estimate of drug-likeness (QED) is 0.272. The van der Waals surface area contributed by atoms with Gasteiger partial charge in [-0.2, -0.15) is 0 Å². The summed E-state index contributed by atoms with van der Waals surface area (Å²) in [7, 11) is 1.66. The van der Waals surface area contributed by atoms with Crippen LogP contribution in [0.1, 0.15) is 42.1 Å². The summed E-state index contributed by atoms with van der Waals surface area (Å²) in [6, 6.07) is 22.2. The van der Waals surface area contributed by atoms with Crippen LogP contribution in [0.25, 0.3) is 11.0 Å². The van der Waals surface area contributed by atoms with Crippen LogP contribution < -0.4 is 14.4 Å². The molecule has 4 aromatic rings. The second-order valence-electron chi connectivity index (χ2n) is 9.54. The molecule has 0 bridgehead atoms. The van der Waals surface area contributed by atoms with E-state index in [0.29, 0.717) is 19.6 Å². The Kier molecular flexibility index (Phi) is 6.94. The first-order valence-electron chi connectivity index (χ1n) is 12.6. The zero-order chi connectivity index (χ0) is 25.1. The van der Waals surface area contributed by atoms with Crippen LogP contribution in [-0.2, 0) is 11.3 Å². The van der Waals surface area contributed by atoms with Crippen LogP contribution in [0, 0.1) is 13.8 Å². The van der Waals surface area contributed by atoms with Gasteiger partial charge in [0.2, 0.25) is 5.91 Å². The molecule has 2 heterocycles. The molecular formula is C30H33N3O3. The Bertz CT molecular complexity index is 1360. The summed E-state index contributed by atoms with van der Waals surface area (Å²) in [5.74, 6) is 2.91. The van der Waals surface area contributed by atoms with Gasteiger partial charge in [-0.05, 0) is 74.7 Å². The number of aryl methyl sites for hydroxylation is 3. The van der Waals surface area contributed by atoms with E-state index in [1.54, 1.807) is 7.11 Å². The molecule has 6 nitrogen and oxygen atoms in total. The van der Waals surface area contributed by atoms with Gasteiger partial charge in [-0.3, -0.25) is 4.79 Å². The molecule has 1 amide bonds. The maximum atomic E-state index is 13.1. The Hall–Kier alpha value is -3.80. The molecule has 186 valence electrons. The summed E-state index contributed by atoms with van der Waals surface area (Å²) < 4.78 is 13.4. The van der Waals surface area contributed by atoms with E-state index in [9.17, 15) is 4.79 Å². The molecule has 36 heavy (non-hydrogen) atoms. The first kappa shape index (κ1) is 23.9. The number of unbranched alkanes of at least 4 members (excludes halogenated alkanes) is 1. The van der Waals surface area contributed by atoms with Crippen LogP contribution in [0.3, 0.4) is 0 Å². The number of aromatic nitrogens is 2. The highest BCUT2D eigenvalue weighted by Gasteiger charge is 2.35. The monoisotopic (exact) mass is 483 g/mol. The second-order valence-corrected chi connectivity index (χ2v) is 9.54. The lowest BCUT2D eigenvalue weighted by Gasteiger charge is -2.20. The first-order valence-corrected chi connectivity index (χ1v) is 12.6. The molecule has 5 rings (SSSR count). The zero-order valence-corrected chi connectivity index (χ0v) is 21.2. The number of methoxy groups -OCH3 is 1. The predicted octanol–water partition coefficient (Wildman–Crippen LogP) is 6.04. The molecule has 0 radical (unpaired) electrons. The van der Waals surface area contributed by atoms with Crippen molar-refractivity contribution in [2.24, 2.45) is 0 Å². The number of rotatable bonds is 9. The van der Waals surface area contributed by atoms with Crippen LogP contribution >= 0.6 is 0 Å². The van der Waals surface area contributed by atoms with E-state index in [4.69, 9.17) is 14.5 Å². The maximum absolute atomic E-state index is 13.1. The summed E-state index contributed by atoms with van der Waals surface area (Å²) in [5, 5.41) is 0. The molecule has 1 atom stereocenters. The summed E-state index contributed by atoms with van der Waals surface area (Å²) in [6.45, 7) is 6.31. The molecule has 0 saturated carbocycles. The largest absolute Gasteiger partial charge is 0.497 e. The minimum absolute atomic E-state index is 0.0705. The fourth-order valence-electron chi connectivity index (χ4n) is 5.10. The third-order valence-corrected chi connectivity index (χ3v) is 6.92. The number of para-hydroxylation sites is 2. The van der Waals surface area contributed by atoms with Gasteiger partial charge in [0.25, 0.3) is 0 Å². The van der Waals surface area contributed by atoms with Gasteiger partial charge >= 0.3 is 0 Å². The molecular weight excluding hydrogens is 450 g/mol. The van der Waals surface area contributed by atoms with Crippen molar-refractivity contribution < 1.29 is 14.3 Å². The fourth-order valence-corrected chi connectivity index (χ4v) is 5.10. The van der Waals surface area contributed by atoms with Crippen molar-refractivity contribution in [3.8, 4) is 11.5 Å². The number of carbonyl (C=O) groups excluding carboxylic acids is 1. The molecule has 1 aliphatic heterocycles. The van der Waals surface area contributed by atoms with Crippen LogP contribution in [0.5, 0.6) is 11.5 Å². The van der Waals surface area contributed by atoms with Crippen molar-refractivity contribution in [1.82, 2.24) is 9.55 Å². The van der Waals surface area contributed by atoms with E-state index in [0.717, 1.165) is 59.0 Å². The fraction of sp³-hybridized carbons (Fsp3) is 0.333. The molecule has 0 spiro atoms. The topological polar surface area (TPSA) is 56.6 Å². The number of hydrogen-bond donors (Lipinski definition) is 0. The molecule has 1 aromatic heterocycles. The normalized spacial score (nSPS) is 15.6. The van der Waals surface area contributed by atoms with Gasteiger partial charge in [-0.1, -0.05) is 29.8 Å². The number of benzene rings is 3. The van der Waals surface area contributed by atoms with E-state index in [1.165, 1.54) is 5.56 Å².